The molecule has 2 rings (SSSR count). The second kappa shape index (κ2) is 6.45. The van der Waals surface area contributed by atoms with Gasteiger partial charge in [0.25, 0.3) is 0 Å². The number of ether oxygens (including phenoxy) is 2. The lowest BCUT2D eigenvalue weighted by atomic mass is 10.2. The molecule has 0 bridgehead atoms. The quantitative estimate of drug-likeness (QED) is 0.694. The number of anilines is 1. The van der Waals surface area contributed by atoms with Crippen molar-refractivity contribution >= 4 is 23.3 Å². The summed E-state index contributed by atoms with van der Waals surface area (Å²) < 4.78 is 23.4. The minimum atomic E-state index is -0.596. The summed E-state index contributed by atoms with van der Waals surface area (Å²) in [4.78, 5) is 12.0. The third-order valence-corrected chi connectivity index (χ3v) is 3.21. The Kier molecular flexibility index (Phi) is 4.65. The molecular weight excluding hydrogens is 297 g/mol. The molecule has 0 fully saturated rings. The normalized spacial score (nSPS) is 10.2. The molecule has 110 valence electrons. The van der Waals surface area contributed by atoms with Crippen LogP contribution in [0.3, 0.4) is 0 Å². The van der Waals surface area contributed by atoms with Gasteiger partial charge in [0.15, 0.2) is 0 Å². The van der Waals surface area contributed by atoms with Crippen molar-refractivity contribution in [1.29, 1.82) is 0 Å². The highest BCUT2D eigenvalue weighted by molar-refractivity contribution is 6.31. The molecule has 4 nitrogen and oxygen atoms in total. The first-order valence-electron chi connectivity index (χ1n) is 6.06. The van der Waals surface area contributed by atoms with E-state index in [4.69, 9.17) is 26.8 Å². The largest absolute Gasteiger partial charge is 0.497 e. The topological polar surface area (TPSA) is 61.5 Å². The van der Waals surface area contributed by atoms with Crippen molar-refractivity contribution < 1.29 is 18.7 Å². The van der Waals surface area contributed by atoms with Crippen molar-refractivity contribution in [3.8, 4) is 5.75 Å². The Morgan fingerprint density at radius 1 is 1.33 bits per heavy atom. The summed E-state index contributed by atoms with van der Waals surface area (Å²) in [6.45, 7) is -0.132. The zero-order valence-electron chi connectivity index (χ0n) is 11.2. The molecule has 2 aromatic carbocycles. The van der Waals surface area contributed by atoms with Gasteiger partial charge in [-0.25, -0.2) is 9.18 Å². The first-order valence-corrected chi connectivity index (χ1v) is 6.43. The van der Waals surface area contributed by atoms with Crippen molar-refractivity contribution in [2.45, 2.75) is 6.61 Å². The number of benzene rings is 2. The summed E-state index contributed by atoms with van der Waals surface area (Å²) >= 11 is 5.79. The second-order valence-corrected chi connectivity index (χ2v) is 4.66. The predicted octanol–water partition coefficient (Wildman–Crippen LogP) is 3.43. The number of nitrogen functional groups attached to an aromatic ring is 1. The Bertz CT molecular complexity index is 676. The van der Waals surface area contributed by atoms with Crippen molar-refractivity contribution in [2.24, 2.45) is 0 Å². The van der Waals surface area contributed by atoms with Gasteiger partial charge in [0.1, 0.15) is 18.2 Å². The third-order valence-electron chi connectivity index (χ3n) is 2.79. The molecule has 0 amide bonds. The first kappa shape index (κ1) is 15.1. The van der Waals surface area contributed by atoms with Gasteiger partial charge < -0.3 is 15.2 Å². The van der Waals surface area contributed by atoms with Crippen molar-refractivity contribution in [3.05, 3.63) is 58.4 Å². The number of hydrogen-bond donors (Lipinski definition) is 1. The van der Waals surface area contributed by atoms with Crippen LogP contribution in [0.15, 0.2) is 36.4 Å². The first-order chi connectivity index (χ1) is 10.0. The van der Waals surface area contributed by atoms with Crippen LogP contribution in [0.2, 0.25) is 5.02 Å². The Morgan fingerprint density at radius 3 is 2.81 bits per heavy atom. The van der Waals surface area contributed by atoms with Crippen molar-refractivity contribution in [3.63, 3.8) is 0 Å². The number of carbonyl (C=O) groups excluding carboxylic acids is 1. The van der Waals surface area contributed by atoms with E-state index in [0.717, 1.165) is 0 Å². The Labute approximate surface area is 126 Å². The Hall–Kier alpha value is -2.27. The Morgan fingerprint density at radius 2 is 2.10 bits per heavy atom. The lowest BCUT2D eigenvalue weighted by Crippen LogP contribution is -2.07. The minimum absolute atomic E-state index is 0.0598. The molecular formula is C15H13ClFNO3. The fourth-order valence-electron chi connectivity index (χ4n) is 1.74. The smallest absolute Gasteiger partial charge is 0.338 e. The molecule has 0 saturated carbocycles. The van der Waals surface area contributed by atoms with Gasteiger partial charge in [-0.3, -0.25) is 0 Å². The fourth-order valence-corrected chi connectivity index (χ4v) is 1.92. The highest BCUT2D eigenvalue weighted by Gasteiger charge is 2.12. The number of esters is 1. The van der Waals surface area contributed by atoms with E-state index in [2.05, 4.69) is 0 Å². The van der Waals surface area contributed by atoms with Gasteiger partial charge in [-0.2, -0.15) is 0 Å². The zero-order valence-corrected chi connectivity index (χ0v) is 12.0. The summed E-state index contributed by atoms with van der Waals surface area (Å²) in [5, 5.41) is -0.0598. The van der Waals surface area contributed by atoms with E-state index < -0.39 is 11.8 Å². The van der Waals surface area contributed by atoms with Crippen molar-refractivity contribution in [2.75, 3.05) is 12.8 Å². The molecule has 0 atom stereocenters. The molecule has 0 heterocycles. The summed E-state index contributed by atoms with van der Waals surface area (Å²) in [6.07, 6.45) is 0. The summed E-state index contributed by atoms with van der Waals surface area (Å²) in [7, 11) is 1.47. The van der Waals surface area contributed by atoms with Gasteiger partial charge in [-0.15, -0.1) is 0 Å². The van der Waals surface area contributed by atoms with Gasteiger partial charge >= 0.3 is 5.97 Å². The summed E-state index contributed by atoms with van der Waals surface area (Å²) in [5.74, 6) is -0.706. The molecule has 21 heavy (non-hydrogen) atoms. The van der Waals surface area contributed by atoms with E-state index in [1.54, 1.807) is 12.1 Å². The molecule has 0 aliphatic heterocycles. The second-order valence-electron chi connectivity index (χ2n) is 4.28. The number of rotatable bonds is 4. The number of nitrogens with two attached hydrogens (primary N) is 1. The van der Waals surface area contributed by atoms with Gasteiger partial charge in [0.2, 0.25) is 0 Å². The van der Waals surface area contributed by atoms with Crippen LogP contribution in [0.4, 0.5) is 10.1 Å². The lowest BCUT2D eigenvalue weighted by molar-refractivity contribution is 0.0472. The van der Waals surface area contributed by atoms with E-state index in [-0.39, 0.29) is 17.2 Å². The molecule has 0 aliphatic rings. The summed E-state index contributed by atoms with van der Waals surface area (Å²) in [5.41, 5.74) is 6.68. The monoisotopic (exact) mass is 309 g/mol. The standard InChI is InChI=1S/C15H13ClFNO3/c1-20-12-6-10(5-11(18)7-12)15(19)21-8-9-3-2-4-13(17)14(9)16/h2-7H,8,18H2,1H3. The van der Waals surface area contributed by atoms with Crippen LogP contribution in [0.5, 0.6) is 5.75 Å². The van der Waals surface area contributed by atoms with Gasteiger partial charge in [-0.1, -0.05) is 23.7 Å². The Balaban J connectivity index is 2.12. The fraction of sp³-hybridized carbons (Fsp3) is 0.133. The number of carbonyl (C=O) groups is 1. The number of methoxy groups -OCH3 is 1. The molecule has 0 radical (unpaired) electrons. The third kappa shape index (κ3) is 3.64. The number of hydrogen-bond acceptors (Lipinski definition) is 4. The van der Waals surface area contributed by atoms with E-state index in [1.807, 2.05) is 0 Å². The van der Waals surface area contributed by atoms with E-state index in [0.29, 0.717) is 17.0 Å². The van der Waals surface area contributed by atoms with Gasteiger partial charge in [0, 0.05) is 17.3 Å². The zero-order chi connectivity index (χ0) is 15.4. The van der Waals surface area contributed by atoms with Crippen LogP contribution < -0.4 is 10.5 Å². The van der Waals surface area contributed by atoms with E-state index in [1.165, 1.54) is 31.4 Å². The molecule has 2 N–H and O–H groups in total. The van der Waals surface area contributed by atoms with Crippen LogP contribution in [0.25, 0.3) is 0 Å². The maximum atomic E-state index is 13.3. The van der Waals surface area contributed by atoms with Gasteiger partial charge in [-0.05, 0) is 18.2 Å². The molecule has 0 saturated heterocycles. The molecule has 6 heteroatoms. The van der Waals surface area contributed by atoms with Crippen LogP contribution in [0.1, 0.15) is 15.9 Å². The van der Waals surface area contributed by atoms with Crippen molar-refractivity contribution in [1.82, 2.24) is 0 Å². The van der Waals surface area contributed by atoms with E-state index >= 15 is 0 Å². The van der Waals surface area contributed by atoms with Crippen LogP contribution in [0, 0.1) is 5.82 Å². The summed E-state index contributed by atoms with van der Waals surface area (Å²) in [6, 6.07) is 8.87. The number of halogens is 2. The lowest BCUT2D eigenvalue weighted by Gasteiger charge is -2.09. The van der Waals surface area contributed by atoms with E-state index in [9.17, 15) is 9.18 Å². The van der Waals surface area contributed by atoms with Crippen LogP contribution in [-0.2, 0) is 11.3 Å². The highest BCUT2D eigenvalue weighted by Crippen LogP contribution is 2.22. The minimum Gasteiger partial charge on any atom is -0.497 e. The highest BCUT2D eigenvalue weighted by atomic mass is 35.5. The van der Waals surface area contributed by atoms with Crippen LogP contribution >= 0.6 is 11.6 Å². The van der Waals surface area contributed by atoms with Crippen LogP contribution in [-0.4, -0.2) is 13.1 Å². The average Bonchev–Trinajstić information content (AvgIpc) is 2.47. The molecule has 0 spiro atoms. The maximum absolute atomic E-state index is 13.3. The average molecular weight is 310 g/mol. The molecule has 2 aromatic rings. The molecule has 0 aromatic heterocycles. The predicted molar refractivity (Wildman–Crippen MR) is 77.9 cm³/mol. The maximum Gasteiger partial charge on any atom is 0.338 e. The van der Waals surface area contributed by atoms with Gasteiger partial charge in [0.05, 0.1) is 17.7 Å². The molecule has 0 unspecified atom stereocenters. The SMILES string of the molecule is COc1cc(N)cc(C(=O)OCc2cccc(F)c2Cl)c1. The molecule has 0 aliphatic carbocycles.